The first-order chi connectivity index (χ1) is 19.6. The van der Waals surface area contributed by atoms with Crippen LogP contribution in [0.5, 0.6) is 11.5 Å². The summed E-state index contributed by atoms with van der Waals surface area (Å²) in [5.41, 5.74) is 4.32. The van der Waals surface area contributed by atoms with E-state index >= 15 is 0 Å². The number of aryl methyl sites for hydroxylation is 1. The first-order valence-electron chi connectivity index (χ1n) is 13.4. The molecule has 3 N–H and O–H groups in total. The van der Waals surface area contributed by atoms with Gasteiger partial charge in [0.05, 0.1) is 36.7 Å². The van der Waals surface area contributed by atoms with Gasteiger partial charge in [0, 0.05) is 23.6 Å². The van der Waals surface area contributed by atoms with Crippen LogP contribution in [0.15, 0.2) is 73.1 Å². The number of anilines is 1. The molecule has 0 radical (unpaired) electrons. The van der Waals surface area contributed by atoms with E-state index in [1.54, 1.807) is 33.9 Å². The topological polar surface area (TPSA) is 106 Å². The Labute approximate surface area is 249 Å². The minimum Gasteiger partial charge on any atom is -0.457 e. The fourth-order valence-corrected chi connectivity index (χ4v) is 4.68. The highest BCUT2D eigenvalue weighted by atomic mass is 35.5. The zero-order valence-electron chi connectivity index (χ0n) is 23.9. The summed E-state index contributed by atoms with van der Waals surface area (Å²) in [6, 6.07) is 17.0. The molecule has 0 aliphatic carbocycles. The maximum Gasteiger partial charge on any atom is 0.320 e. The number of carbonyl (C=O) groups is 1. The number of fused-ring (bicyclic) bond motifs is 1. The lowest BCUT2D eigenvalue weighted by molar-refractivity contribution is 0.251. The second-order valence-corrected chi connectivity index (χ2v) is 10.9. The highest BCUT2D eigenvalue weighted by molar-refractivity contribution is 5.88. The predicted octanol–water partition coefficient (Wildman–Crippen LogP) is 6.50. The van der Waals surface area contributed by atoms with E-state index in [4.69, 9.17) is 4.74 Å². The highest BCUT2D eigenvalue weighted by Crippen LogP contribution is 2.31. The summed E-state index contributed by atoms with van der Waals surface area (Å²) >= 11 is 0. The summed E-state index contributed by atoms with van der Waals surface area (Å²) in [6.45, 7) is 8.86. The van der Waals surface area contributed by atoms with E-state index in [9.17, 15) is 14.3 Å². The molecule has 9 nitrogen and oxygen atoms in total. The van der Waals surface area contributed by atoms with E-state index in [2.05, 4.69) is 47.7 Å². The van der Waals surface area contributed by atoms with Gasteiger partial charge in [0.2, 0.25) is 0 Å². The normalized spacial score (nSPS) is 11.3. The van der Waals surface area contributed by atoms with E-state index in [1.165, 1.54) is 18.2 Å². The van der Waals surface area contributed by atoms with Gasteiger partial charge in [0.25, 0.3) is 0 Å². The zero-order valence-corrected chi connectivity index (χ0v) is 24.7. The molecule has 0 bridgehead atoms. The zero-order chi connectivity index (χ0) is 29.1. The molecule has 0 fully saturated rings. The van der Waals surface area contributed by atoms with Gasteiger partial charge in [-0.25, -0.2) is 13.9 Å². The molecule has 5 aromatic rings. The number of nitrogens with zero attached hydrogens (tertiary/aromatic N) is 4. The molecule has 0 unspecified atom stereocenters. The summed E-state index contributed by atoms with van der Waals surface area (Å²) in [7, 11) is 0. The van der Waals surface area contributed by atoms with Crippen molar-refractivity contribution in [2.24, 2.45) is 0 Å². The molecule has 2 aromatic heterocycles. The van der Waals surface area contributed by atoms with Gasteiger partial charge < -0.3 is 15.2 Å². The number of urea groups is 1. The number of nitrogens with one attached hydrogen (secondary N) is 2. The molecule has 0 aliphatic rings. The van der Waals surface area contributed by atoms with E-state index < -0.39 is 11.8 Å². The van der Waals surface area contributed by atoms with Gasteiger partial charge >= 0.3 is 6.03 Å². The standard InChI is InChI=1S/C31H33FN6O3.ClH/c1-20-5-8-27(25(15-20)31(2,3)4)38-29(11-12-34-38)36-30(40)33-18-22-16-23(32)6-10-28(22)41-24-7-9-26-21(17-24)19-35-37(26)13-14-39;/h5-12,15-17,19,39H,13-14,18H2,1-4H3,(H2,33,36,40);1H. The minimum absolute atomic E-state index is 0. The lowest BCUT2D eigenvalue weighted by Gasteiger charge is -2.24. The van der Waals surface area contributed by atoms with Gasteiger partial charge in [-0.15, -0.1) is 12.4 Å². The van der Waals surface area contributed by atoms with E-state index in [-0.39, 0.29) is 31.0 Å². The first-order valence-corrected chi connectivity index (χ1v) is 13.4. The Balaban J connectivity index is 0.00000405. The second kappa shape index (κ2) is 12.6. The molecule has 11 heteroatoms. The van der Waals surface area contributed by atoms with Crippen LogP contribution in [-0.2, 0) is 18.5 Å². The quantitative estimate of drug-likeness (QED) is 0.191. The van der Waals surface area contributed by atoms with Crippen molar-refractivity contribution in [2.45, 2.75) is 46.2 Å². The van der Waals surface area contributed by atoms with Crippen molar-refractivity contribution >= 4 is 35.2 Å². The van der Waals surface area contributed by atoms with Gasteiger partial charge in [-0.1, -0.05) is 38.5 Å². The smallest absolute Gasteiger partial charge is 0.320 e. The Morgan fingerprint density at radius 1 is 1.05 bits per heavy atom. The second-order valence-electron chi connectivity index (χ2n) is 10.9. The van der Waals surface area contributed by atoms with Crippen molar-refractivity contribution in [1.82, 2.24) is 24.9 Å². The summed E-state index contributed by atoms with van der Waals surface area (Å²) in [5.74, 6) is 1.01. The Morgan fingerprint density at radius 2 is 1.86 bits per heavy atom. The van der Waals surface area contributed by atoms with Crippen molar-refractivity contribution in [3.8, 4) is 17.2 Å². The minimum atomic E-state index is -0.468. The molecular formula is C31H34ClFN6O3. The molecule has 3 aromatic carbocycles. The van der Waals surface area contributed by atoms with Crippen molar-refractivity contribution in [3.63, 3.8) is 0 Å². The molecule has 0 saturated heterocycles. The molecule has 2 amide bonds. The van der Waals surface area contributed by atoms with Gasteiger partial charge in [-0.05, 0) is 60.4 Å². The van der Waals surface area contributed by atoms with Gasteiger partial charge in [0.1, 0.15) is 23.1 Å². The Bertz CT molecular complexity index is 1710. The van der Waals surface area contributed by atoms with Crippen LogP contribution in [0.3, 0.4) is 0 Å². The number of rotatable bonds is 8. The number of halogens is 2. The van der Waals surface area contributed by atoms with Crippen LogP contribution in [0.1, 0.15) is 37.5 Å². The third kappa shape index (κ3) is 6.72. The molecule has 220 valence electrons. The number of carbonyl (C=O) groups excluding carboxylic acids is 1. The Hall–Kier alpha value is -4.41. The average molecular weight is 593 g/mol. The maximum atomic E-state index is 14.2. The van der Waals surface area contributed by atoms with Crippen LogP contribution < -0.4 is 15.4 Å². The summed E-state index contributed by atoms with van der Waals surface area (Å²) in [5, 5.41) is 24.5. The van der Waals surface area contributed by atoms with Gasteiger partial charge in [-0.2, -0.15) is 10.2 Å². The van der Waals surface area contributed by atoms with Crippen molar-refractivity contribution < 1.29 is 19.0 Å². The molecule has 42 heavy (non-hydrogen) atoms. The number of ether oxygens (including phenoxy) is 1. The summed E-state index contributed by atoms with van der Waals surface area (Å²) in [6.07, 6.45) is 3.33. The van der Waals surface area contributed by atoms with Crippen LogP contribution in [0.2, 0.25) is 0 Å². The number of amides is 2. The van der Waals surface area contributed by atoms with E-state index in [0.29, 0.717) is 29.4 Å². The largest absolute Gasteiger partial charge is 0.457 e. The Kier molecular flexibility index (Phi) is 9.18. The fraction of sp³-hybridized carbons (Fsp3) is 0.258. The first kappa shape index (κ1) is 30.5. The third-order valence-corrected chi connectivity index (χ3v) is 6.69. The molecule has 0 aliphatic heterocycles. The molecule has 0 atom stereocenters. The number of aromatic nitrogens is 4. The van der Waals surface area contributed by atoms with Crippen molar-refractivity contribution in [1.29, 1.82) is 0 Å². The van der Waals surface area contributed by atoms with Crippen LogP contribution in [0.4, 0.5) is 15.0 Å². The average Bonchev–Trinajstić information content (AvgIpc) is 3.55. The Morgan fingerprint density at radius 3 is 2.62 bits per heavy atom. The molecule has 5 rings (SSSR count). The van der Waals surface area contributed by atoms with Gasteiger partial charge in [0.15, 0.2) is 0 Å². The van der Waals surface area contributed by atoms with Crippen LogP contribution in [-0.4, -0.2) is 37.3 Å². The number of hydrogen-bond donors (Lipinski definition) is 3. The third-order valence-electron chi connectivity index (χ3n) is 6.69. The van der Waals surface area contributed by atoms with Crippen molar-refractivity contribution in [3.05, 3.63) is 95.6 Å². The molecule has 2 heterocycles. The monoisotopic (exact) mass is 592 g/mol. The highest BCUT2D eigenvalue weighted by Gasteiger charge is 2.21. The lowest BCUT2D eigenvalue weighted by atomic mass is 9.85. The van der Waals surface area contributed by atoms with E-state index in [0.717, 1.165) is 27.7 Å². The SMILES string of the molecule is Cc1ccc(-n2nccc2NC(=O)NCc2cc(F)ccc2Oc2ccc3c(cnn3CCO)c2)c(C(C)(C)C)c1.Cl. The molecule has 0 saturated carbocycles. The van der Waals surface area contributed by atoms with Crippen LogP contribution >= 0.6 is 12.4 Å². The predicted molar refractivity (Wildman–Crippen MR) is 163 cm³/mol. The van der Waals surface area contributed by atoms with Gasteiger partial charge in [-0.3, -0.25) is 10.00 Å². The number of aliphatic hydroxyl groups excluding tert-OH is 1. The number of benzene rings is 3. The summed E-state index contributed by atoms with van der Waals surface area (Å²) in [4.78, 5) is 12.9. The summed E-state index contributed by atoms with van der Waals surface area (Å²) < 4.78 is 23.7. The van der Waals surface area contributed by atoms with Crippen LogP contribution in [0, 0.1) is 12.7 Å². The molecule has 0 spiro atoms. The maximum absolute atomic E-state index is 14.2. The van der Waals surface area contributed by atoms with Crippen molar-refractivity contribution in [2.75, 3.05) is 11.9 Å². The number of aliphatic hydroxyl groups is 1. The lowest BCUT2D eigenvalue weighted by Crippen LogP contribution is -2.29. The molecular weight excluding hydrogens is 559 g/mol. The van der Waals surface area contributed by atoms with E-state index in [1.807, 2.05) is 31.2 Å². The number of hydrogen-bond acceptors (Lipinski definition) is 5. The van der Waals surface area contributed by atoms with Crippen LogP contribution in [0.25, 0.3) is 16.6 Å². The fourth-order valence-electron chi connectivity index (χ4n) is 4.68.